The van der Waals surface area contributed by atoms with Crippen LogP contribution in [0, 0.1) is 0 Å². The van der Waals surface area contributed by atoms with Gasteiger partial charge in [-0.2, -0.15) is 11.8 Å². The maximum Gasteiger partial charge on any atom is 0.123 e. The first-order valence-corrected chi connectivity index (χ1v) is 10.8. The van der Waals surface area contributed by atoms with Crippen molar-refractivity contribution in [3.8, 4) is 5.75 Å². The topological polar surface area (TPSA) is 57.6 Å². The third-order valence-corrected chi connectivity index (χ3v) is 5.57. The highest BCUT2D eigenvalue weighted by atomic mass is 32.2. The fourth-order valence-corrected chi connectivity index (χ4v) is 4.10. The largest absolute Gasteiger partial charge is 0.491 e. The number of aliphatic hydroxyl groups excluding tert-OH is 1. The fraction of sp³-hybridized carbons (Fsp3) is 0.476. The predicted octanol–water partition coefficient (Wildman–Crippen LogP) is 2.20. The van der Waals surface area contributed by atoms with E-state index in [1.807, 2.05) is 54.5 Å². The molecule has 5 nitrogen and oxygen atoms in total. The van der Waals surface area contributed by atoms with E-state index < -0.39 is 6.10 Å². The van der Waals surface area contributed by atoms with Gasteiger partial charge in [-0.15, -0.1) is 0 Å². The van der Waals surface area contributed by atoms with Gasteiger partial charge in [-0.1, -0.05) is 18.2 Å². The molecule has 0 aliphatic carbocycles. The number of para-hydroxylation sites is 1. The van der Waals surface area contributed by atoms with Gasteiger partial charge in [0.25, 0.3) is 0 Å². The Kier molecular flexibility index (Phi) is 8.42. The molecule has 1 aliphatic rings. The van der Waals surface area contributed by atoms with Gasteiger partial charge < -0.3 is 15.2 Å². The summed E-state index contributed by atoms with van der Waals surface area (Å²) in [4.78, 5) is 6.36. The Labute approximate surface area is 166 Å². The zero-order valence-corrected chi connectivity index (χ0v) is 16.5. The van der Waals surface area contributed by atoms with Gasteiger partial charge in [-0.3, -0.25) is 9.88 Å². The molecule has 1 aromatic carbocycles. The Hall–Kier alpha value is -1.60. The SMILES string of the molecule is OC(COc1ccccc1CNCCc1ccncc1)CN1CCSCC1. The van der Waals surface area contributed by atoms with Crippen LogP contribution in [0.4, 0.5) is 0 Å². The van der Waals surface area contributed by atoms with Crippen LogP contribution in [0.3, 0.4) is 0 Å². The van der Waals surface area contributed by atoms with E-state index >= 15 is 0 Å². The van der Waals surface area contributed by atoms with Crippen LogP contribution in [-0.2, 0) is 13.0 Å². The average Bonchev–Trinajstić information content (AvgIpc) is 2.72. The van der Waals surface area contributed by atoms with E-state index in [2.05, 4.69) is 21.3 Å². The third kappa shape index (κ3) is 7.14. The molecule has 0 bridgehead atoms. The molecule has 1 fully saturated rings. The van der Waals surface area contributed by atoms with E-state index in [4.69, 9.17) is 4.74 Å². The van der Waals surface area contributed by atoms with Crippen molar-refractivity contribution in [3.05, 3.63) is 59.9 Å². The van der Waals surface area contributed by atoms with Crippen LogP contribution in [0.25, 0.3) is 0 Å². The van der Waals surface area contributed by atoms with Crippen LogP contribution in [0.2, 0.25) is 0 Å². The first-order chi connectivity index (χ1) is 13.3. The summed E-state index contributed by atoms with van der Waals surface area (Å²) in [7, 11) is 0. The van der Waals surface area contributed by atoms with Gasteiger partial charge in [0, 0.05) is 55.6 Å². The summed E-state index contributed by atoms with van der Waals surface area (Å²) in [5.74, 6) is 3.16. The molecule has 2 aromatic rings. The zero-order chi connectivity index (χ0) is 18.7. The molecule has 2 heterocycles. The summed E-state index contributed by atoms with van der Waals surface area (Å²) in [6.45, 7) is 4.78. The van der Waals surface area contributed by atoms with Gasteiger partial charge in [0.15, 0.2) is 0 Å². The van der Waals surface area contributed by atoms with Crippen LogP contribution < -0.4 is 10.1 Å². The minimum Gasteiger partial charge on any atom is -0.491 e. The minimum atomic E-state index is -0.458. The van der Waals surface area contributed by atoms with Gasteiger partial charge in [0.05, 0.1) is 0 Å². The number of thioether (sulfide) groups is 1. The van der Waals surface area contributed by atoms with Crippen LogP contribution in [-0.4, -0.2) is 65.4 Å². The lowest BCUT2D eigenvalue weighted by molar-refractivity contribution is 0.0711. The van der Waals surface area contributed by atoms with Gasteiger partial charge in [-0.05, 0) is 36.7 Å². The van der Waals surface area contributed by atoms with E-state index in [1.165, 1.54) is 5.56 Å². The molecule has 0 amide bonds. The first kappa shape index (κ1) is 20.1. The van der Waals surface area contributed by atoms with Crippen LogP contribution in [0.15, 0.2) is 48.8 Å². The van der Waals surface area contributed by atoms with E-state index in [1.54, 1.807) is 0 Å². The van der Waals surface area contributed by atoms with Gasteiger partial charge in [-0.25, -0.2) is 0 Å². The second-order valence-corrected chi connectivity index (χ2v) is 7.99. The number of nitrogens with zero attached hydrogens (tertiary/aromatic N) is 2. The molecule has 0 radical (unpaired) electrons. The molecule has 3 rings (SSSR count). The Morgan fingerprint density at radius 3 is 2.74 bits per heavy atom. The summed E-state index contributed by atoms with van der Waals surface area (Å²) in [5.41, 5.74) is 2.40. The maximum atomic E-state index is 10.3. The number of rotatable bonds is 10. The monoisotopic (exact) mass is 387 g/mol. The third-order valence-electron chi connectivity index (χ3n) is 4.63. The Bertz CT molecular complexity index is 665. The number of ether oxygens (including phenoxy) is 1. The van der Waals surface area contributed by atoms with Crippen molar-refractivity contribution in [2.75, 3.05) is 44.3 Å². The molecule has 1 aromatic heterocycles. The standard InChI is InChI=1S/C21H29N3O2S/c25-20(16-24-11-13-27-14-12-24)17-26-21-4-2-1-3-19(21)15-23-10-7-18-5-8-22-9-6-18/h1-6,8-9,20,23,25H,7,10-17H2. The summed E-state index contributed by atoms with van der Waals surface area (Å²) in [5, 5.41) is 13.8. The highest BCUT2D eigenvalue weighted by molar-refractivity contribution is 7.99. The number of hydrogen-bond acceptors (Lipinski definition) is 6. The number of nitrogens with one attached hydrogen (secondary N) is 1. The van der Waals surface area contributed by atoms with Crippen molar-refractivity contribution in [1.82, 2.24) is 15.2 Å². The molecule has 1 aliphatic heterocycles. The molecule has 0 saturated carbocycles. The van der Waals surface area contributed by atoms with Crippen molar-refractivity contribution in [1.29, 1.82) is 0 Å². The van der Waals surface area contributed by atoms with Gasteiger partial charge in [0.2, 0.25) is 0 Å². The summed E-state index contributed by atoms with van der Waals surface area (Å²) >= 11 is 1.98. The molecule has 1 saturated heterocycles. The second kappa shape index (κ2) is 11.3. The smallest absolute Gasteiger partial charge is 0.123 e. The first-order valence-electron chi connectivity index (χ1n) is 9.60. The Morgan fingerprint density at radius 1 is 1.15 bits per heavy atom. The van der Waals surface area contributed by atoms with Crippen LogP contribution in [0.5, 0.6) is 5.75 Å². The molecular weight excluding hydrogens is 358 g/mol. The number of aliphatic hydroxyl groups is 1. The lowest BCUT2D eigenvalue weighted by atomic mass is 10.2. The van der Waals surface area contributed by atoms with Gasteiger partial charge >= 0.3 is 0 Å². The summed E-state index contributed by atoms with van der Waals surface area (Å²) < 4.78 is 5.93. The number of pyridine rings is 1. The predicted molar refractivity (Wildman–Crippen MR) is 111 cm³/mol. The molecule has 146 valence electrons. The molecule has 0 spiro atoms. The summed E-state index contributed by atoms with van der Waals surface area (Å²) in [6, 6.07) is 12.1. The lowest BCUT2D eigenvalue weighted by Gasteiger charge is -2.28. The van der Waals surface area contributed by atoms with E-state index in [9.17, 15) is 5.11 Å². The number of benzene rings is 1. The van der Waals surface area contributed by atoms with Crippen molar-refractivity contribution < 1.29 is 9.84 Å². The van der Waals surface area contributed by atoms with E-state index in [0.717, 1.165) is 55.4 Å². The number of hydrogen-bond donors (Lipinski definition) is 2. The quantitative estimate of drug-likeness (QED) is 0.610. The maximum absolute atomic E-state index is 10.3. The van der Waals surface area contributed by atoms with Gasteiger partial charge in [0.1, 0.15) is 18.5 Å². The zero-order valence-electron chi connectivity index (χ0n) is 15.7. The van der Waals surface area contributed by atoms with E-state index in [-0.39, 0.29) is 0 Å². The molecular formula is C21H29N3O2S. The number of β-amino-alcohol motifs (C(OH)–C–C–N with tert-alkyl or cyclic N) is 1. The highest BCUT2D eigenvalue weighted by Gasteiger charge is 2.15. The fourth-order valence-electron chi connectivity index (χ4n) is 3.12. The van der Waals surface area contributed by atoms with Crippen molar-refractivity contribution in [2.24, 2.45) is 0 Å². The minimum absolute atomic E-state index is 0.331. The summed E-state index contributed by atoms with van der Waals surface area (Å²) in [6.07, 6.45) is 4.16. The normalized spacial score (nSPS) is 16.2. The lowest BCUT2D eigenvalue weighted by Crippen LogP contribution is -2.40. The van der Waals surface area contributed by atoms with Crippen molar-refractivity contribution in [3.63, 3.8) is 0 Å². The highest BCUT2D eigenvalue weighted by Crippen LogP contribution is 2.18. The average molecular weight is 388 g/mol. The molecule has 27 heavy (non-hydrogen) atoms. The molecule has 1 atom stereocenters. The Morgan fingerprint density at radius 2 is 1.93 bits per heavy atom. The molecule has 1 unspecified atom stereocenters. The van der Waals surface area contributed by atoms with Crippen molar-refractivity contribution >= 4 is 11.8 Å². The second-order valence-electron chi connectivity index (χ2n) is 6.77. The van der Waals surface area contributed by atoms with E-state index in [0.29, 0.717) is 13.2 Å². The molecule has 6 heteroatoms. The van der Waals surface area contributed by atoms with Crippen molar-refractivity contribution in [2.45, 2.75) is 19.1 Å². The molecule has 2 N–H and O–H groups in total. The number of aromatic nitrogens is 1. The van der Waals surface area contributed by atoms with Crippen LogP contribution >= 0.6 is 11.8 Å². The Balaban J connectivity index is 1.41. The van der Waals surface area contributed by atoms with Crippen LogP contribution in [0.1, 0.15) is 11.1 Å².